The lowest BCUT2D eigenvalue weighted by Gasteiger charge is -2.18. The van der Waals surface area contributed by atoms with Crippen molar-refractivity contribution < 1.29 is 4.79 Å². The Balaban J connectivity index is 2.49. The molecule has 9 heavy (non-hydrogen) atoms. The number of rotatable bonds is 0. The molecular formula is C6H12N2O. The molecule has 1 amide bonds. The summed E-state index contributed by atoms with van der Waals surface area (Å²) in [6.45, 7) is 2.40. The van der Waals surface area contributed by atoms with E-state index in [0.717, 1.165) is 19.4 Å². The first-order valence-electron chi connectivity index (χ1n) is 3.24. The van der Waals surface area contributed by atoms with Crippen LogP contribution in [0.5, 0.6) is 0 Å². The first kappa shape index (κ1) is 6.55. The zero-order valence-electron chi connectivity index (χ0n) is 5.63. The highest BCUT2D eigenvalue weighted by molar-refractivity contribution is 5.73. The van der Waals surface area contributed by atoms with E-state index >= 15 is 0 Å². The van der Waals surface area contributed by atoms with Crippen molar-refractivity contribution in [3.05, 3.63) is 0 Å². The summed E-state index contributed by atoms with van der Waals surface area (Å²) in [5.41, 5.74) is 5.58. The second-order valence-electron chi connectivity index (χ2n) is 2.42. The second kappa shape index (κ2) is 2.35. The maximum absolute atomic E-state index is 10.7. The maximum Gasteiger partial charge on any atom is 0.220 e. The quantitative estimate of drug-likeness (QED) is 0.495. The number of amides is 1. The Morgan fingerprint density at radius 3 is 2.67 bits per heavy atom. The standard InChI is InChI=1S/C6H12N2O/c1-5(9)8-4-2-3-6(8)7/h6H,2-4,7H2,1H3. The zero-order chi connectivity index (χ0) is 6.85. The van der Waals surface area contributed by atoms with E-state index in [1.54, 1.807) is 11.8 Å². The van der Waals surface area contributed by atoms with Gasteiger partial charge in [-0.25, -0.2) is 0 Å². The van der Waals surface area contributed by atoms with Crippen LogP contribution in [0.25, 0.3) is 0 Å². The molecule has 0 aromatic carbocycles. The van der Waals surface area contributed by atoms with Crippen LogP contribution in [0.15, 0.2) is 0 Å². The Morgan fingerprint density at radius 2 is 2.44 bits per heavy atom. The zero-order valence-corrected chi connectivity index (χ0v) is 5.63. The van der Waals surface area contributed by atoms with Gasteiger partial charge in [0.1, 0.15) is 0 Å². The first-order valence-corrected chi connectivity index (χ1v) is 3.24. The van der Waals surface area contributed by atoms with E-state index in [9.17, 15) is 4.79 Å². The van der Waals surface area contributed by atoms with Gasteiger partial charge in [-0.15, -0.1) is 0 Å². The van der Waals surface area contributed by atoms with Crippen LogP contribution in [0.3, 0.4) is 0 Å². The Hall–Kier alpha value is -0.570. The number of nitrogens with two attached hydrogens (primary N) is 1. The summed E-state index contributed by atoms with van der Waals surface area (Å²) in [5.74, 6) is 0.0972. The molecule has 1 fully saturated rings. The highest BCUT2D eigenvalue weighted by Gasteiger charge is 2.21. The highest BCUT2D eigenvalue weighted by Crippen LogP contribution is 2.11. The second-order valence-corrected chi connectivity index (χ2v) is 2.42. The van der Waals surface area contributed by atoms with Gasteiger partial charge in [-0.05, 0) is 12.8 Å². The van der Waals surface area contributed by atoms with Gasteiger partial charge in [0, 0.05) is 13.5 Å². The van der Waals surface area contributed by atoms with Gasteiger partial charge in [-0.2, -0.15) is 0 Å². The van der Waals surface area contributed by atoms with E-state index in [0.29, 0.717) is 0 Å². The van der Waals surface area contributed by atoms with Crippen molar-refractivity contribution in [2.75, 3.05) is 6.54 Å². The van der Waals surface area contributed by atoms with Crippen molar-refractivity contribution in [1.82, 2.24) is 4.90 Å². The summed E-state index contributed by atoms with van der Waals surface area (Å²) in [5, 5.41) is 0. The number of nitrogens with zero attached hydrogens (tertiary/aromatic N) is 1. The number of carbonyl (C=O) groups is 1. The first-order chi connectivity index (χ1) is 4.22. The van der Waals surface area contributed by atoms with Gasteiger partial charge in [0.15, 0.2) is 0 Å². The molecule has 3 nitrogen and oxygen atoms in total. The Morgan fingerprint density at radius 1 is 1.78 bits per heavy atom. The molecule has 0 saturated carbocycles. The Bertz CT molecular complexity index is 124. The van der Waals surface area contributed by atoms with Gasteiger partial charge in [-0.1, -0.05) is 0 Å². The molecule has 0 radical (unpaired) electrons. The summed E-state index contributed by atoms with van der Waals surface area (Å²) in [6, 6.07) is 0. The molecule has 3 heteroatoms. The molecule has 1 heterocycles. The van der Waals surface area contributed by atoms with E-state index < -0.39 is 0 Å². The number of hydrogen-bond donors (Lipinski definition) is 1. The summed E-state index contributed by atoms with van der Waals surface area (Å²) in [7, 11) is 0. The molecule has 0 bridgehead atoms. The van der Waals surface area contributed by atoms with Crippen molar-refractivity contribution in [2.45, 2.75) is 25.9 Å². The SMILES string of the molecule is CC(=O)N1CCCC1N. The van der Waals surface area contributed by atoms with Crippen LogP contribution in [0, 0.1) is 0 Å². The fraction of sp³-hybridized carbons (Fsp3) is 0.833. The lowest BCUT2D eigenvalue weighted by molar-refractivity contribution is -0.129. The Labute approximate surface area is 54.8 Å². The predicted molar refractivity (Wildman–Crippen MR) is 34.6 cm³/mol. The van der Waals surface area contributed by atoms with Crippen molar-refractivity contribution in [2.24, 2.45) is 5.73 Å². The molecule has 0 aromatic heterocycles. The average molecular weight is 128 g/mol. The van der Waals surface area contributed by atoms with Crippen LogP contribution in [0.2, 0.25) is 0 Å². The third kappa shape index (κ3) is 1.21. The molecule has 1 atom stereocenters. The third-order valence-corrected chi connectivity index (χ3v) is 1.70. The highest BCUT2D eigenvalue weighted by atomic mass is 16.2. The lowest BCUT2D eigenvalue weighted by atomic mass is 10.3. The minimum absolute atomic E-state index is 0.0116. The van der Waals surface area contributed by atoms with Crippen molar-refractivity contribution in [1.29, 1.82) is 0 Å². The van der Waals surface area contributed by atoms with Gasteiger partial charge in [-0.3, -0.25) is 4.79 Å². The molecule has 2 N–H and O–H groups in total. The number of likely N-dealkylation sites (tertiary alicyclic amines) is 1. The predicted octanol–water partition coefficient (Wildman–Crippen LogP) is -0.0865. The summed E-state index contributed by atoms with van der Waals surface area (Å²) in [4.78, 5) is 12.4. The van der Waals surface area contributed by atoms with Crippen LogP contribution in [0.4, 0.5) is 0 Å². The van der Waals surface area contributed by atoms with Crippen LogP contribution in [-0.2, 0) is 4.79 Å². The largest absolute Gasteiger partial charge is 0.328 e. The Kier molecular flexibility index (Phi) is 1.71. The van der Waals surface area contributed by atoms with Gasteiger partial charge < -0.3 is 10.6 Å². The fourth-order valence-corrected chi connectivity index (χ4v) is 1.18. The van der Waals surface area contributed by atoms with Crippen molar-refractivity contribution in [3.8, 4) is 0 Å². The number of carbonyl (C=O) groups excluding carboxylic acids is 1. The van der Waals surface area contributed by atoms with Gasteiger partial charge in [0.05, 0.1) is 6.17 Å². The van der Waals surface area contributed by atoms with E-state index in [-0.39, 0.29) is 12.1 Å². The molecular weight excluding hydrogens is 116 g/mol. The number of hydrogen-bond acceptors (Lipinski definition) is 2. The monoisotopic (exact) mass is 128 g/mol. The molecule has 0 aliphatic carbocycles. The minimum atomic E-state index is -0.0116. The van der Waals surface area contributed by atoms with Crippen LogP contribution >= 0.6 is 0 Å². The minimum Gasteiger partial charge on any atom is -0.328 e. The smallest absolute Gasteiger partial charge is 0.220 e. The maximum atomic E-state index is 10.7. The van der Waals surface area contributed by atoms with Gasteiger partial charge in [0.25, 0.3) is 0 Å². The lowest BCUT2D eigenvalue weighted by Crippen LogP contribution is -2.39. The average Bonchev–Trinajstić information content (AvgIpc) is 2.13. The van der Waals surface area contributed by atoms with E-state index in [2.05, 4.69) is 0 Å². The molecule has 1 saturated heterocycles. The van der Waals surface area contributed by atoms with Crippen molar-refractivity contribution in [3.63, 3.8) is 0 Å². The normalized spacial score (nSPS) is 26.9. The van der Waals surface area contributed by atoms with Crippen molar-refractivity contribution >= 4 is 5.91 Å². The van der Waals surface area contributed by atoms with E-state index in [4.69, 9.17) is 5.73 Å². The molecule has 1 aliphatic rings. The summed E-state index contributed by atoms with van der Waals surface area (Å²) >= 11 is 0. The molecule has 52 valence electrons. The van der Waals surface area contributed by atoms with Crippen LogP contribution in [-0.4, -0.2) is 23.5 Å². The van der Waals surface area contributed by atoms with Crippen LogP contribution < -0.4 is 5.73 Å². The van der Waals surface area contributed by atoms with E-state index in [1.165, 1.54) is 0 Å². The molecule has 1 aliphatic heterocycles. The van der Waals surface area contributed by atoms with Gasteiger partial charge in [0.2, 0.25) is 5.91 Å². The molecule has 1 rings (SSSR count). The fourth-order valence-electron chi connectivity index (χ4n) is 1.18. The topological polar surface area (TPSA) is 46.3 Å². The molecule has 0 spiro atoms. The summed E-state index contributed by atoms with van der Waals surface area (Å²) in [6.07, 6.45) is 2.00. The molecule has 0 aromatic rings. The van der Waals surface area contributed by atoms with Crippen LogP contribution in [0.1, 0.15) is 19.8 Å². The summed E-state index contributed by atoms with van der Waals surface area (Å²) < 4.78 is 0. The third-order valence-electron chi connectivity index (χ3n) is 1.70. The van der Waals surface area contributed by atoms with Gasteiger partial charge >= 0.3 is 0 Å². The van der Waals surface area contributed by atoms with E-state index in [1.807, 2.05) is 0 Å². The molecule has 1 unspecified atom stereocenters.